The van der Waals surface area contributed by atoms with Gasteiger partial charge in [0, 0.05) is 92.3 Å². The SMILES string of the molecule is CNc1ccc(CN2c3ccc(N(CCCC(=O)O)CCCC(=O)O)cc3Sc3c2ccc(N(CCCC(=O)O)CCCC(=O)O)c3C)cc1. The molecule has 4 rings (SSSR count). The van der Waals surface area contributed by atoms with E-state index in [4.69, 9.17) is 0 Å². The smallest absolute Gasteiger partial charge is 0.303 e. The maximum Gasteiger partial charge on any atom is 0.303 e. The Morgan fingerprint density at radius 1 is 0.680 bits per heavy atom. The fourth-order valence-corrected chi connectivity index (χ4v) is 7.35. The lowest BCUT2D eigenvalue weighted by atomic mass is 10.1. The van der Waals surface area contributed by atoms with Gasteiger partial charge in [0.05, 0.1) is 11.4 Å². The highest BCUT2D eigenvalue weighted by Gasteiger charge is 2.28. The molecule has 50 heavy (non-hydrogen) atoms. The van der Waals surface area contributed by atoms with Gasteiger partial charge in [0.25, 0.3) is 0 Å². The van der Waals surface area contributed by atoms with Gasteiger partial charge >= 0.3 is 23.9 Å². The minimum Gasteiger partial charge on any atom is -0.481 e. The average Bonchev–Trinajstić information content (AvgIpc) is 3.07. The molecule has 0 bridgehead atoms. The number of anilines is 5. The molecule has 12 nitrogen and oxygen atoms in total. The Bertz CT molecular complexity index is 1630. The van der Waals surface area contributed by atoms with Crippen LogP contribution in [0.2, 0.25) is 0 Å². The first-order valence-corrected chi connectivity index (χ1v) is 17.6. The van der Waals surface area contributed by atoms with Crippen LogP contribution in [0.3, 0.4) is 0 Å². The molecule has 1 aliphatic rings. The highest BCUT2D eigenvalue weighted by Crippen LogP contribution is 2.52. The van der Waals surface area contributed by atoms with Crippen LogP contribution < -0.4 is 20.0 Å². The Morgan fingerprint density at radius 3 is 1.68 bits per heavy atom. The van der Waals surface area contributed by atoms with Crippen LogP contribution in [0.4, 0.5) is 28.4 Å². The number of aliphatic carboxylic acids is 4. The molecule has 3 aromatic carbocycles. The molecule has 0 aromatic heterocycles. The molecule has 1 aliphatic heterocycles. The van der Waals surface area contributed by atoms with Crippen molar-refractivity contribution >= 4 is 64.1 Å². The van der Waals surface area contributed by atoms with Crippen LogP contribution in [0.15, 0.2) is 64.4 Å². The summed E-state index contributed by atoms with van der Waals surface area (Å²) in [7, 11) is 1.88. The van der Waals surface area contributed by atoms with E-state index in [1.807, 2.05) is 38.2 Å². The Hall–Kier alpha value is -4.91. The molecule has 268 valence electrons. The van der Waals surface area contributed by atoms with Gasteiger partial charge in [-0.2, -0.15) is 0 Å². The normalized spacial score (nSPS) is 11.8. The fourth-order valence-electron chi connectivity index (χ4n) is 6.13. The summed E-state index contributed by atoms with van der Waals surface area (Å²) < 4.78 is 0. The fraction of sp³-hybridized carbons (Fsp3) is 0.405. The van der Waals surface area contributed by atoms with Crippen LogP contribution in [0, 0.1) is 6.92 Å². The first kappa shape index (κ1) is 37.9. The van der Waals surface area contributed by atoms with Gasteiger partial charge in [0.15, 0.2) is 0 Å². The highest BCUT2D eigenvalue weighted by atomic mass is 32.2. The first-order valence-electron chi connectivity index (χ1n) is 16.8. The summed E-state index contributed by atoms with van der Waals surface area (Å²) in [5.41, 5.74) is 6.94. The summed E-state index contributed by atoms with van der Waals surface area (Å²) in [6.45, 7) is 4.52. The van der Waals surface area contributed by atoms with E-state index in [-0.39, 0.29) is 25.7 Å². The molecular weight excluding hydrogens is 660 g/mol. The van der Waals surface area contributed by atoms with E-state index in [1.54, 1.807) is 11.8 Å². The standard InChI is InChI=1S/C37H46N4O8S/c1-25-29(40(21-5-9-35(46)47)22-6-10-36(48)49)17-18-31-37(25)50-32-23-28(39(19-3-7-33(42)43)20-4-8-34(44)45)15-16-30(32)41(31)24-26-11-13-27(38-2)14-12-26/h11-18,23,38H,3-10,19-22,24H2,1-2H3,(H,42,43)(H,44,45)(H,46,47)(H,48,49). The Morgan fingerprint density at radius 2 is 1.18 bits per heavy atom. The van der Waals surface area contributed by atoms with Crippen LogP contribution >= 0.6 is 11.8 Å². The zero-order valence-electron chi connectivity index (χ0n) is 28.6. The number of benzene rings is 3. The largest absolute Gasteiger partial charge is 0.481 e. The molecule has 3 aromatic rings. The first-order chi connectivity index (χ1) is 24.0. The van der Waals surface area contributed by atoms with E-state index in [0.717, 1.165) is 49.4 Å². The van der Waals surface area contributed by atoms with Gasteiger partial charge < -0.3 is 40.4 Å². The van der Waals surface area contributed by atoms with Crippen molar-refractivity contribution in [3.05, 3.63) is 65.7 Å². The number of carboxylic acid groups (broad SMARTS) is 4. The van der Waals surface area contributed by atoms with Crippen molar-refractivity contribution in [3.8, 4) is 0 Å². The van der Waals surface area contributed by atoms with E-state index >= 15 is 0 Å². The van der Waals surface area contributed by atoms with Crippen LogP contribution in [-0.4, -0.2) is 77.5 Å². The van der Waals surface area contributed by atoms with Crippen molar-refractivity contribution < 1.29 is 39.6 Å². The van der Waals surface area contributed by atoms with Crippen molar-refractivity contribution in [3.63, 3.8) is 0 Å². The summed E-state index contributed by atoms with van der Waals surface area (Å²) in [5, 5.41) is 40.2. The lowest BCUT2D eigenvalue weighted by molar-refractivity contribution is -0.138. The van der Waals surface area contributed by atoms with Crippen LogP contribution in [0.25, 0.3) is 0 Å². The molecule has 0 saturated carbocycles. The van der Waals surface area contributed by atoms with E-state index in [1.165, 1.54) is 0 Å². The molecule has 0 unspecified atom stereocenters. The molecule has 5 N–H and O–H groups in total. The molecule has 0 fully saturated rings. The number of nitrogens with one attached hydrogen (secondary N) is 1. The second-order valence-corrected chi connectivity index (χ2v) is 13.4. The number of hydrogen-bond donors (Lipinski definition) is 5. The third kappa shape index (κ3) is 10.5. The molecule has 0 radical (unpaired) electrons. The number of rotatable bonds is 21. The van der Waals surface area contributed by atoms with Crippen molar-refractivity contribution in [2.24, 2.45) is 0 Å². The molecule has 0 aliphatic carbocycles. The van der Waals surface area contributed by atoms with Crippen LogP contribution in [0.5, 0.6) is 0 Å². The predicted molar refractivity (Wildman–Crippen MR) is 195 cm³/mol. The Labute approximate surface area is 296 Å². The van der Waals surface area contributed by atoms with Gasteiger partial charge in [-0.25, -0.2) is 0 Å². The van der Waals surface area contributed by atoms with E-state index in [2.05, 4.69) is 50.3 Å². The molecule has 0 spiro atoms. The highest BCUT2D eigenvalue weighted by molar-refractivity contribution is 7.99. The van der Waals surface area contributed by atoms with Gasteiger partial charge in [-0.3, -0.25) is 19.2 Å². The molecular formula is C37H46N4O8S. The summed E-state index contributed by atoms with van der Waals surface area (Å²) in [4.78, 5) is 53.6. The predicted octanol–water partition coefficient (Wildman–Crippen LogP) is 6.91. The number of nitrogens with zero attached hydrogens (tertiary/aromatic N) is 3. The molecule has 13 heteroatoms. The summed E-state index contributed by atoms with van der Waals surface area (Å²) in [5.74, 6) is -3.51. The zero-order chi connectivity index (χ0) is 36.2. The third-order valence-corrected chi connectivity index (χ3v) is 9.92. The van der Waals surface area contributed by atoms with E-state index in [0.29, 0.717) is 58.4 Å². The van der Waals surface area contributed by atoms with Gasteiger partial charge in [-0.05, 0) is 86.2 Å². The van der Waals surface area contributed by atoms with E-state index in [9.17, 15) is 39.6 Å². The Balaban J connectivity index is 1.75. The quantitative estimate of drug-likeness (QED) is 0.0775. The average molecular weight is 707 g/mol. The minimum atomic E-state index is -0.877. The minimum absolute atomic E-state index is 0.0138. The summed E-state index contributed by atoms with van der Waals surface area (Å²) in [6.07, 6.45) is 1.75. The lowest BCUT2D eigenvalue weighted by Crippen LogP contribution is -2.28. The molecule has 0 saturated heterocycles. The van der Waals surface area contributed by atoms with Crippen LogP contribution in [-0.2, 0) is 25.7 Å². The maximum atomic E-state index is 11.3. The van der Waals surface area contributed by atoms with Crippen LogP contribution in [0.1, 0.15) is 62.5 Å². The summed E-state index contributed by atoms with van der Waals surface area (Å²) in [6, 6.07) is 18.5. The monoisotopic (exact) mass is 706 g/mol. The molecule has 0 atom stereocenters. The van der Waals surface area contributed by atoms with Gasteiger partial charge in [0.1, 0.15) is 0 Å². The third-order valence-electron chi connectivity index (χ3n) is 8.66. The molecule has 0 amide bonds. The lowest BCUT2D eigenvalue weighted by Gasteiger charge is -2.36. The topological polar surface area (TPSA) is 171 Å². The van der Waals surface area contributed by atoms with Crippen molar-refractivity contribution in [2.45, 2.75) is 74.6 Å². The number of carbonyl (C=O) groups is 4. The number of carboxylic acids is 4. The van der Waals surface area contributed by atoms with Crippen molar-refractivity contribution in [2.75, 3.05) is 53.2 Å². The van der Waals surface area contributed by atoms with Gasteiger partial charge in [-0.1, -0.05) is 23.9 Å². The zero-order valence-corrected chi connectivity index (χ0v) is 29.4. The Kier molecular flexibility index (Phi) is 13.8. The number of hydrogen-bond acceptors (Lipinski definition) is 9. The van der Waals surface area contributed by atoms with Crippen molar-refractivity contribution in [1.82, 2.24) is 0 Å². The summed E-state index contributed by atoms with van der Waals surface area (Å²) >= 11 is 1.63. The van der Waals surface area contributed by atoms with Gasteiger partial charge in [0.2, 0.25) is 0 Å². The van der Waals surface area contributed by atoms with Gasteiger partial charge in [-0.15, -0.1) is 0 Å². The molecule has 1 heterocycles. The van der Waals surface area contributed by atoms with E-state index < -0.39 is 23.9 Å². The second kappa shape index (κ2) is 18.2. The van der Waals surface area contributed by atoms with Crippen molar-refractivity contribution in [1.29, 1.82) is 0 Å². The second-order valence-electron chi connectivity index (χ2n) is 12.3. The maximum absolute atomic E-state index is 11.3. The number of fused-ring (bicyclic) bond motifs is 2.